The Morgan fingerprint density at radius 3 is 2.36 bits per heavy atom. The van der Waals surface area contributed by atoms with E-state index in [1.54, 1.807) is 31.1 Å². The monoisotopic (exact) mass is 338 g/mol. The van der Waals surface area contributed by atoms with Gasteiger partial charge in [-0.25, -0.2) is 0 Å². The fourth-order valence-electron chi connectivity index (χ4n) is 3.25. The van der Waals surface area contributed by atoms with Crippen LogP contribution >= 0.6 is 0 Å². The summed E-state index contributed by atoms with van der Waals surface area (Å²) < 4.78 is 5.35. The first-order valence-corrected chi connectivity index (χ1v) is 8.36. The number of para-hydroxylation sites is 1. The van der Waals surface area contributed by atoms with Crippen molar-refractivity contribution in [2.24, 2.45) is 0 Å². The third kappa shape index (κ3) is 3.50. The lowest BCUT2D eigenvalue weighted by molar-refractivity contribution is -0.131. The fourth-order valence-corrected chi connectivity index (χ4v) is 3.25. The summed E-state index contributed by atoms with van der Waals surface area (Å²) in [6.45, 7) is 3.11. The summed E-state index contributed by atoms with van der Waals surface area (Å²) in [6, 6.07) is 16.9. The van der Waals surface area contributed by atoms with Crippen LogP contribution in [0.2, 0.25) is 0 Å². The second kappa shape index (κ2) is 7.38. The largest absolute Gasteiger partial charge is 0.496 e. The topological polar surface area (TPSA) is 49.9 Å². The molecule has 0 spiro atoms. The normalized spacial score (nSPS) is 17.3. The van der Waals surface area contributed by atoms with E-state index in [0.717, 1.165) is 5.56 Å². The van der Waals surface area contributed by atoms with E-state index in [0.29, 0.717) is 30.9 Å². The molecule has 2 aromatic rings. The molecule has 0 radical (unpaired) electrons. The molecule has 5 nitrogen and oxygen atoms in total. The average molecular weight is 338 g/mol. The van der Waals surface area contributed by atoms with Crippen molar-refractivity contribution in [3.8, 4) is 5.75 Å². The second-order valence-corrected chi connectivity index (χ2v) is 6.09. The van der Waals surface area contributed by atoms with Gasteiger partial charge in [-0.1, -0.05) is 42.5 Å². The van der Waals surface area contributed by atoms with Gasteiger partial charge in [-0.05, 0) is 17.7 Å². The quantitative estimate of drug-likeness (QED) is 0.865. The van der Waals surface area contributed by atoms with Gasteiger partial charge >= 0.3 is 0 Å². The Morgan fingerprint density at radius 1 is 1.00 bits per heavy atom. The minimum absolute atomic E-state index is 0.0327. The molecule has 1 aliphatic rings. The van der Waals surface area contributed by atoms with Crippen molar-refractivity contribution >= 4 is 11.8 Å². The highest BCUT2D eigenvalue weighted by Crippen LogP contribution is 2.29. The van der Waals surface area contributed by atoms with Crippen LogP contribution in [0.4, 0.5) is 0 Å². The molecule has 0 unspecified atom stereocenters. The maximum Gasteiger partial charge on any atom is 0.258 e. The standard InChI is InChI=1S/C20H22N2O3/c1-15(23)21-12-13-22(18(14-21)16-8-4-3-5-9-16)20(24)17-10-6-7-11-19(17)25-2/h3-11,18H,12-14H2,1-2H3/t18-/m0/s1. The van der Waals surface area contributed by atoms with E-state index >= 15 is 0 Å². The van der Waals surface area contributed by atoms with Crippen molar-refractivity contribution in [3.05, 3.63) is 65.7 Å². The second-order valence-electron chi connectivity index (χ2n) is 6.09. The van der Waals surface area contributed by atoms with E-state index in [4.69, 9.17) is 4.74 Å². The molecule has 1 heterocycles. The van der Waals surface area contributed by atoms with Gasteiger partial charge in [0.25, 0.3) is 5.91 Å². The molecule has 0 aliphatic carbocycles. The zero-order valence-electron chi connectivity index (χ0n) is 14.5. The minimum atomic E-state index is -0.170. The van der Waals surface area contributed by atoms with E-state index < -0.39 is 0 Å². The molecular weight excluding hydrogens is 316 g/mol. The summed E-state index contributed by atoms with van der Waals surface area (Å²) in [4.78, 5) is 28.6. The number of amides is 2. The highest BCUT2D eigenvalue weighted by Gasteiger charge is 2.33. The number of hydrogen-bond acceptors (Lipinski definition) is 3. The smallest absolute Gasteiger partial charge is 0.258 e. The molecule has 1 fully saturated rings. The van der Waals surface area contributed by atoms with Crippen LogP contribution in [-0.2, 0) is 4.79 Å². The molecule has 0 saturated carbocycles. The number of carbonyl (C=O) groups excluding carboxylic acids is 2. The number of methoxy groups -OCH3 is 1. The Kier molecular flexibility index (Phi) is 5.03. The van der Waals surface area contributed by atoms with Gasteiger partial charge in [0.1, 0.15) is 5.75 Å². The molecule has 0 aromatic heterocycles. The van der Waals surface area contributed by atoms with Gasteiger partial charge in [0.2, 0.25) is 5.91 Å². The predicted molar refractivity (Wildman–Crippen MR) is 95.5 cm³/mol. The fraction of sp³-hybridized carbons (Fsp3) is 0.300. The van der Waals surface area contributed by atoms with Gasteiger partial charge in [0.15, 0.2) is 0 Å². The summed E-state index contributed by atoms with van der Waals surface area (Å²) in [5, 5.41) is 0. The third-order valence-electron chi connectivity index (χ3n) is 4.61. The van der Waals surface area contributed by atoms with Crippen LogP contribution in [-0.4, -0.2) is 48.4 Å². The van der Waals surface area contributed by atoms with Crippen molar-refractivity contribution < 1.29 is 14.3 Å². The highest BCUT2D eigenvalue weighted by molar-refractivity contribution is 5.97. The van der Waals surface area contributed by atoms with Crippen molar-refractivity contribution in [1.29, 1.82) is 0 Å². The number of rotatable bonds is 3. The minimum Gasteiger partial charge on any atom is -0.496 e. The van der Waals surface area contributed by atoms with Crippen LogP contribution in [0.1, 0.15) is 28.9 Å². The van der Waals surface area contributed by atoms with Crippen LogP contribution in [0, 0.1) is 0 Å². The first kappa shape index (κ1) is 17.0. The third-order valence-corrected chi connectivity index (χ3v) is 4.61. The molecule has 130 valence electrons. The molecule has 3 rings (SSSR count). The lowest BCUT2D eigenvalue weighted by Crippen LogP contribution is -2.51. The van der Waals surface area contributed by atoms with Crippen LogP contribution < -0.4 is 4.74 Å². The van der Waals surface area contributed by atoms with E-state index in [1.807, 2.05) is 47.4 Å². The Morgan fingerprint density at radius 2 is 1.68 bits per heavy atom. The lowest BCUT2D eigenvalue weighted by atomic mass is 10.0. The summed E-state index contributed by atoms with van der Waals surface area (Å²) in [5.74, 6) is 0.521. The molecule has 1 atom stereocenters. The van der Waals surface area contributed by atoms with Crippen molar-refractivity contribution in [3.63, 3.8) is 0 Å². The molecule has 5 heteroatoms. The number of ether oxygens (including phenoxy) is 1. The molecule has 2 aromatic carbocycles. The molecule has 1 aliphatic heterocycles. The zero-order valence-corrected chi connectivity index (χ0v) is 14.5. The molecule has 1 saturated heterocycles. The van der Waals surface area contributed by atoms with Crippen LogP contribution in [0.15, 0.2) is 54.6 Å². The number of carbonyl (C=O) groups is 2. The SMILES string of the molecule is COc1ccccc1C(=O)N1CCN(C(C)=O)C[C@H]1c1ccccc1. The number of piperazine rings is 1. The van der Waals surface area contributed by atoms with Crippen LogP contribution in [0.3, 0.4) is 0 Å². The predicted octanol–water partition coefficient (Wildman–Crippen LogP) is 2.74. The highest BCUT2D eigenvalue weighted by atomic mass is 16.5. The van der Waals surface area contributed by atoms with Crippen LogP contribution in [0.25, 0.3) is 0 Å². The van der Waals surface area contributed by atoms with Gasteiger partial charge in [0, 0.05) is 26.6 Å². The first-order valence-electron chi connectivity index (χ1n) is 8.36. The maximum absolute atomic E-state index is 13.2. The van der Waals surface area contributed by atoms with Crippen molar-refractivity contribution in [2.75, 3.05) is 26.7 Å². The van der Waals surface area contributed by atoms with Gasteiger partial charge in [-0.3, -0.25) is 9.59 Å². The summed E-state index contributed by atoms with van der Waals surface area (Å²) in [7, 11) is 1.56. The van der Waals surface area contributed by atoms with Crippen LogP contribution in [0.5, 0.6) is 5.75 Å². The van der Waals surface area contributed by atoms with E-state index in [-0.39, 0.29) is 17.9 Å². The Hall–Kier alpha value is -2.82. The number of benzene rings is 2. The summed E-state index contributed by atoms with van der Waals surface area (Å²) in [6.07, 6.45) is 0. The Labute approximate surface area is 147 Å². The number of nitrogens with zero attached hydrogens (tertiary/aromatic N) is 2. The van der Waals surface area contributed by atoms with Crippen molar-refractivity contribution in [2.45, 2.75) is 13.0 Å². The maximum atomic E-state index is 13.2. The molecule has 0 N–H and O–H groups in total. The summed E-state index contributed by atoms with van der Waals surface area (Å²) >= 11 is 0. The van der Waals surface area contributed by atoms with Crippen molar-refractivity contribution in [1.82, 2.24) is 9.80 Å². The Balaban J connectivity index is 1.95. The number of hydrogen-bond donors (Lipinski definition) is 0. The van der Waals surface area contributed by atoms with Gasteiger partial charge in [0.05, 0.1) is 18.7 Å². The van der Waals surface area contributed by atoms with Gasteiger partial charge in [-0.2, -0.15) is 0 Å². The van der Waals surface area contributed by atoms with Gasteiger partial charge in [-0.15, -0.1) is 0 Å². The zero-order chi connectivity index (χ0) is 17.8. The summed E-state index contributed by atoms with van der Waals surface area (Å²) in [5.41, 5.74) is 1.57. The van der Waals surface area contributed by atoms with E-state index in [9.17, 15) is 9.59 Å². The Bertz CT molecular complexity index is 761. The van der Waals surface area contributed by atoms with E-state index in [1.165, 1.54) is 0 Å². The molecule has 2 amide bonds. The van der Waals surface area contributed by atoms with Gasteiger partial charge < -0.3 is 14.5 Å². The lowest BCUT2D eigenvalue weighted by Gasteiger charge is -2.41. The molecular formula is C20H22N2O3. The average Bonchev–Trinajstić information content (AvgIpc) is 2.67. The molecule has 0 bridgehead atoms. The molecule has 25 heavy (non-hydrogen) atoms. The first-order chi connectivity index (χ1) is 12.1. The van der Waals surface area contributed by atoms with E-state index in [2.05, 4.69) is 0 Å².